The predicted octanol–water partition coefficient (Wildman–Crippen LogP) is 0.746. The summed E-state index contributed by atoms with van der Waals surface area (Å²) in [7, 11) is -2.13. The van der Waals surface area contributed by atoms with E-state index >= 15 is 0 Å². The second kappa shape index (κ2) is 10.6. The third-order valence-electron chi connectivity index (χ3n) is 3.06. The Labute approximate surface area is 153 Å². The lowest BCUT2D eigenvalue weighted by molar-refractivity contribution is -0.141. The van der Waals surface area contributed by atoms with Crippen LogP contribution in [0, 0.1) is 0 Å². The van der Waals surface area contributed by atoms with E-state index in [9.17, 15) is 18.0 Å². The first-order valence-electron chi connectivity index (χ1n) is 7.91. The molecule has 1 rings (SSSR count). The molecule has 0 unspecified atom stereocenters. The Hall–Kier alpha value is -2.33. The van der Waals surface area contributed by atoms with Gasteiger partial charge in [-0.15, -0.1) is 0 Å². The van der Waals surface area contributed by atoms with E-state index in [0.717, 1.165) is 6.26 Å². The van der Waals surface area contributed by atoms with Crippen molar-refractivity contribution in [2.45, 2.75) is 13.5 Å². The number of rotatable bonds is 10. The number of nitrogens with one attached hydrogen (secondary N) is 1. The fraction of sp³-hybridized carbons (Fsp3) is 0.500. The predicted molar refractivity (Wildman–Crippen MR) is 94.2 cm³/mol. The van der Waals surface area contributed by atoms with E-state index in [2.05, 4.69) is 5.32 Å². The minimum atomic E-state index is -3.64. The molecule has 1 N–H and O–H groups in total. The van der Waals surface area contributed by atoms with Gasteiger partial charge in [-0.05, 0) is 24.6 Å². The maximum Gasteiger partial charge on any atom is 0.325 e. The van der Waals surface area contributed by atoms with Crippen LogP contribution in [0.2, 0.25) is 0 Å². The third-order valence-corrected chi connectivity index (χ3v) is 3.56. The monoisotopic (exact) mass is 388 g/mol. The van der Waals surface area contributed by atoms with Crippen LogP contribution in [0.25, 0.3) is 0 Å². The zero-order chi connectivity index (χ0) is 19.6. The lowest BCUT2D eigenvalue weighted by atomic mass is 10.2. The van der Waals surface area contributed by atoms with Crippen LogP contribution in [0.4, 0.5) is 4.79 Å². The molecule has 0 aromatic heterocycles. The van der Waals surface area contributed by atoms with E-state index in [1.165, 1.54) is 24.1 Å². The van der Waals surface area contributed by atoms with Crippen LogP contribution in [0.15, 0.2) is 24.3 Å². The number of hydrogen-bond acceptors (Lipinski definition) is 7. The highest BCUT2D eigenvalue weighted by molar-refractivity contribution is 7.86. The van der Waals surface area contributed by atoms with Gasteiger partial charge < -0.3 is 23.9 Å². The number of carbonyl (C=O) groups is 2. The molecule has 0 saturated heterocycles. The van der Waals surface area contributed by atoms with Crippen LogP contribution in [0.1, 0.15) is 12.5 Å². The lowest BCUT2D eigenvalue weighted by Gasteiger charge is -2.23. The molecule has 0 fully saturated rings. The molecule has 26 heavy (non-hydrogen) atoms. The number of carbonyl (C=O) groups excluding carboxylic acids is 2. The second-order valence-electron chi connectivity index (χ2n) is 5.31. The van der Waals surface area contributed by atoms with Crippen molar-refractivity contribution >= 4 is 22.1 Å². The molecule has 0 atom stereocenters. The quantitative estimate of drug-likeness (QED) is 0.465. The number of urea groups is 1. The van der Waals surface area contributed by atoms with E-state index in [1.54, 1.807) is 19.1 Å². The summed E-state index contributed by atoms with van der Waals surface area (Å²) in [5.41, 5.74) is 0.661. The Balaban J connectivity index is 2.78. The summed E-state index contributed by atoms with van der Waals surface area (Å²) in [4.78, 5) is 25.1. The maximum absolute atomic E-state index is 12.3. The number of amides is 2. The lowest BCUT2D eigenvalue weighted by Crippen LogP contribution is -2.43. The zero-order valence-electron chi connectivity index (χ0n) is 15.1. The average molecular weight is 388 g/mol. The van der Waals surface area contributed by atoms with Gasteiger partial charge in [0.05, 0.1) is 19.5 Å². The van der Waals surface area contributed by atoms with E-state index in [-0.39, 0.29) is 32.0 Å². The molecule has 0 radical (unpaired) electrons. The summed E-state index contributed by atoms with van der Waals surface area (Å²) in [6, 6.07) is 5.92. The summed E-state index contributed by atoms with van der Waals surface area (Å²) in [6.07, 6.45) is 0.952. The highest BCUT2D eigenvalue weighted by atomic mass is 32.2. The van der Waals surface area contributed by atoms with Crippen molar-refractivity contribution in [1.29, 1.82) is 0 Å². The molecular formula is C16H24N2O7S. The van der Waals surface area contributed by atoms with Crippen molar-refractivity contribution in [2.24, 2.45) is 0 Å². The van der Waals surface area contributed by atoms with Crippen molar-refractivity contribution in [3.8, 4) is 5.75 Å². The Kier molecular flexibility index (Phi) is 8.86. The molecule has 0 aliphatic heterocycles. The fourth-order valence-corrected chi connectivity index (χ4v) is 2.47. The Morgan fingerprint density at radius 3 is 2.62 bits per heavy atom. The minimum absolute atomic E-state index is 0.156. The number of methoxy groups -OCH3 is 1. The van der Waals surface area contributed by atoms with Gasteiger partial charge in [0.2, 0.25) is 0 Å². The van der Waals surface area contributed by atoms with Crippen molar-refractivity contribution in [3.05, 3.63) is 29.8 Å². The van der Waals surface area contributed by atoms with Gasteiger partial charge in [0.15, 0.2) is 0 Å². The molecule has 2 amide bonds. The van der Waals surface area contributed by atoms with Crippen LogP contribution in [0.5, 0.6) is 5.75 Å². The van der Waals surface area contributed by atoms with Crippen LogP contribution in [-0.4, -0.2) is 65.0 Å². The molecule has 0 bridgehead atoms. The van der Waals surface area contributed by atoms with Gasteiger partial charge in [0, 0.05) is 20.2 Å². The molecular weight excluding hydrogens is 364 g/mol. The molecule has 0 spiro atoms. The number of esters is 1. The van der Waals surface area contributed by atoms with Gasteiger partial charge in [0.25, 0.3) is 0 Å². The van der Waals surface area contributed by atoms with Crippen molar-refractivity contribution in [3.63, 3.8) is 0 Å². The topological polar surface area (TPSA) is 111 Å². The molecule has 0 aliphatic carbocycles. The van der Waals surface area contributed by atoms with Gasteiger partial charge in [0.1, 0.15) is 12.3 Å². The van der Waals surface area contributed by atoms with Crippen LogP contribution >= 0.6 is 0 Å². The fourth-order valence-electron chi connectivity index (χ4n) is 2.02. The summed E-state index contributed by atoms with van der Waals surface area (Å²) >= 11 is 0. The molecule has 146 valence electrons. The Morgan fingerprint density at radius 1 is 1.27 bits per heavy atom. The average Bonchev–Trinajstić information content (AvgIpc) is 2.55. The van der Waals surface area contributed by atoms with Crippen molar-refractivity contribution in [2.75, 3.05) is 39.7 Å². The third kappa shape index (κ3) is 8.67. The molecule has 1 aromatic rings. The summed E-state index contributed by atoms with van der Waals surface area (Å²) < 4.78 is 37.1. The normalized spacial score (nSPS) is 10.9. The standard InChI is InChI=1S/C16H24N2O7S/c1-4-24-15(19)11-17-16(20)18(8-9-23-2)12-13-6-5-7-14(10-13)25-26(3,21)22/h5-7,10H,4,8-9,11-12H2,1-3H3,(H,17,20). The minimum Gasteiger partial charge on any atom is -0.465 e. The number of hydrogen-bond donors (Lipinski definition) is 1. The smallest absolute Gasteiger partial charge is 0.325 e. The molecule has 1 aromatic carbocycles. The van der Waals surface area contributed by atoms with Gasteiger partial charge in [-0.3, -0.25) is 4.79 Å². The van der Waals surface area contributed by atoms with Gasteiger partial charge >= 0.3 is 22.1 Å². The Bertz CT molecular complexity index is 706. The van der Waals surface area contributed by atoms with Gasteiger partial charge in [-0.1, -0.05) is 12.1 Å². The largest absolute Gasteiger partial charge is 0.465 e. The number of ether oxygens (including phenoxy) is 2. The van der Waals surface area contributed by atoms with Crippen molar-refractivity contribution < 1.29 is 31.7 Å². The van der Waals surface area contributed by atoms with E-state index < -0.39 is 22.1 Å². The van der Waals surface area contributed by atoms with E-state index in [1.807, 2.05) is 0 Å². The highest BCUT2D eigenvalue weighted by Crippen LogP contribution is 2.16. The van der Waals surface area contributed by atoms with E-state index in [4.69, 9.17) is 13.7 Å². The van der Waals surface area contributed by atoms with Gasteiger partial charge in [-0.25, -0.2) is 4.79 Å². The van der Waals surface area contributed by atoms with Crippen LogP contribution in [0.3, 0.4) is 0 Å². The molecule has 0 aliphatic rings. The van der Waals surface area contributed by atoms with E-state index in [0.29, 0.717) is 12.2 Å². The first kappa shape index (κ1) is 21.7. The summed E-state index contributed by atoms with van der Waals surface area (Å²) in [5.74, 6) is -0.375. The van der Waals surface area contributed by atoms with Crippen LogP contribution < -0.4 is 9.50 Å². The van der Waals surface area contributed by atoms with Crippen molar-refractivity contribution in [1.82, 2.24) is 10.2 Å². The summed E-state index contributed by atoms with van der Waals surface area (Å²) in [5, 5.41) is 2.48. The number of benzene rings is 1. The first-order valence-corrected chi connectivity index (χ1v) is 9.72. The molecule has 10 heteroatoms. The molecule has 9 nitrogen and oxygen atoms in total. The number of nitrogens with zero attached hydrogens (tertiary/aromatic N) is 1. The molecule has 0 heterocycles. The summed E-state index contributed by atoms with van der Waals surface area (Å²) in [6.45, 7) is 2.42. The zero-order valence-corrected chi connectivity index (χ0v) is 15.9. The van der Waals surface area contributed by atoms with Crippen LogP contribution in [-0.2, 0) is 30.9 Å². The maximum atomic E-state index is 12.3. The SMILES string of the molecule is CCOC(=O)CNC(=O)N(CCOC)Cc1cccc(OS(C)(=O)=O)c1. The second-order valence-corrected chi connectivity index (χ2v) is 6.89. The Morgan fingerprint density at radius 2 is 2.00 bits per heavy atom. The highest BCUT2D eigenvalue weighted by Gasteiger charge is 2.16. The molecule has 0 saturated carbocycles. The van der Waals surface area contributed by atoms with Gasteiger partial charge in [-0.2, -0.15) is 8.42 Å². The first-order chi connectivity index (χ1) is 12.2.